The van der Waals surface area contributed by atoms with Gasteiger partial charge >= 0.3 is 0 Å². The second-order valence-corrected chi connectivity index (χ2v) is 3.15. The molecule has 0 aliphatic carbocycles. The zero-order chi connectivity index (χ0) is 9.40. The number of nitrogens with zero attached hydrogens (tertiary/aromatic N) is 1. The van der Waals surface area contributed by atoms with Gasteiger partial charge in [0.15, 0.2) is 0 Å². The van der Waals surface area contributed by atoms with E-state index in [9.17, 15) is 0 Å². The molecule has 12 heavy (non-hydrogen) atoms. The molecule has 0 saturated carbocycles. The fourth-order valence-electron chi connectivity index (χ4n) is 1.22. The van der Waals surface area contributed by atoms with Crippen LogP contribution < -0.4 is 0 Å². The minimum Gasteiger partial charge on any atom is -0.381 e. The molecule has 1 heterocycles. The van der Waals surface area contributed by atoms with Crippen molar-refractivity contribution in [1.29, 1.82) is 0 Å². The molecule has 1 aliphatic rings. The minimum absolute atomic E-state index is 0.529. The molecule has 1 saturated heterocycles. The lowest BCUT2D eigenvalue weighted by molar-refractivity contribution is 0.0484. The van der Waals surface area contributed by atoms with Crippen molar-refractivity contribution in [2.75, 3.05) is 27.2 Å². The summed E-state index contributed by atoms with van der Waals surface area (Å²) >= 11 is 0. The van der Waals surface area contributed by atoms with Crippen LogP contribution in [0, 0.1) is 0 Å². The van der Waals surface area contributed by atoms with Gasteiger partial charge in [0, 0.05) is 20.2 Å². The lowest BCUT2D eigenvalue weighted by atomic mass is 10.1. The number of hydrogen-bond donors (Lipinski definition) is 0. The summed E-state index contributed by atoms with van der Waals surface area (Å²) < 4.78 is 5.21. The maximum Gasteiger partial charge on any atom is 0.0595 e. The van der Waals surface area contributed by atoms with E-state index in [4.69, 9.17) is 4.74 Å². The van der Waals surface area contributed by atoms with Crippen molar-refractivity contribution in [3.05, 3.63) is 12.7 Å². The predicted octanol–water partition coefficient (Wildman–Crippen LogP) is 1.92. The van der Waals surface area contributed by atoms with Crippen molar-refractivity contribution in [1.82, 2.24) is 4.90 Å². The van der Waals surface area contributed by atoms with E-state index in [2.05, 4.69) is 18.5 Å². The highest BCUT2D eigenvalue weighted by Gasteiger charge is 2.14. The average molecular weight is 171 g/mol. The first kappa shape index (κ1) is 11.7. The van der Waals surface area contributed by atoms with Gasteiger partial charge in [0.2, 0.25) is 0 Å². The Hall–Kier alpha value is -0.340. The van der Waals surface area contributed by atoms with Gasteiger partial charge in [0.1, 0.15) is 0 Å². The highest BCUT2D eigenvalue weighted by Crippen LogP contribution is 2.10. The quantitative estimate of drug-likeness (QED) is 0.559. The summed E-state index contributed by atoms with van der Waals surface area (Å²) in [6, 6.07) is 0. The molecule has 0 aromatic carbocycles. The number of methoxy groups -OCH3 is 1. The Labute approximate surface area is 76.2 Å². The third-order valence-electron chi connectivity index (χ3n) is 2.00. The van der Waals surface area contributed by atoms with Crippen molar-refractivity contribution in [2.24, 2.45) is 0 Å². The molecule has 0 radical (unpaired) electrons. The lowest BCUT2D eigenvalue weighted by Crippen LogP contribution is -2.33. The molecule has 0 atom stereocenters. The molecule has 2 heteroatoms. The van der Waals surface area contributed by atoms with Gasteiger partial charge in [0.05, 0.1) is 6.10 Å². The first-order valence-electron chi connectivity index (χ1n) is 4.53. The van der Waals surface area contributed by atoms with Gasteiger partial charge in [-0.25, -0.2) is 0 Å². The minimum atomic E-state index is 0.529. The number of ether oxygens (including phenoxy) is 1. The van der Waals surface area contributed by atoms with E-state index >= 15 is 0 Å². The van der Waals surface area contributed by atoms with E-state index in [1.54, 1.807) is 13.2 Å². The molecular weight excluding hydrogens is 150 g/mol. The maximum absolute atomic E-state index is 5.21. The Morgan fingerprint density at radius 1 is 1.42 bits per heavy atom. The van der Waals surface area contributed by atoms with Crippen molar-refractivity contribution < 1.29 is 4.74 Å². The van der Waals surface area contributed by atoms with E-state index in [1.165, 1.54) is 25.9 Å². The second-order valence-electron chi connectivity index (χ2n) is 3.15. The van der Waals surface area contributed by atoms with Crippen LogP contribution in [0.3, 0.4) is 0 Å². The van der Waals surface area contributed by atoms with Crippen molar-refractivity contribution in [3.8, 4) is 0 Å². The molecule has 0 aromatic rings. The SMILES string of the molecule is C=CC.COC1CCN(C)CC1. The van der Waals surface area contributed by atoms with E-state index in [-0.39, 0.29) is 0 Å². The smallest absolute Gasteiger partial charge is 0.0595 e. The summed E-state index contributed by atoms with van der Waals surface area (Å²) in [6.45, 7) is 7.64. The molecule has 0 spiro atoms. The molecule has 0 aromatic heterocycles. The Bertz CT molecular complexity index is 106. The number of piperidine rings is 1. The highest BCUT2D eigenvalue weighted by atomic mass is 16.5. The monoisotopic (exact) mass is 171 g/mol. The molecule has 2 nitrogen and oxygen atoms in total. The van der Waals surface area contributed by atoms with Crippen molar-refractivity contribution in [2.45, 2.75) is 25.9 Å². The van der Waals surface area contributed by atoms with Gasteiger partial charge in [-0.05, 0) is 26.8 Å². The average Bonchev–Trinajstić information content (AvgIpc) is 2.07. The van der Waals surface area contributed by atoms with Gasteiger partial charge in [0.25, 0.3) is 0 Å². The molecule has 0 N–H and O–H groups in total. The molecule has 72 valence electrons. The zero-order valence-electron chi connectivity index (χ0n) is 8.55. The second kappa shape index (κ2) is 7.32. The Morgan fingerprint density at radius 2 is 1.83 bits per heavy atom. The molecular formula is C10H21NO. The topological polar surface area (TPSA) is 12.5 Å². The largest absolute Gasteiger partial charge is 0.381 e. The van der Waals surface area contributed by atoms with Crippen LogP contribution in [0.4, 0.5) is 0 Å². The Morgan fingerprint density at radius 3 is 2.17 bits per heavy atom. The van der Waals surface area contributed by atoms with Crippen LogP contribution in [0.5, 0.6) is 0 Å². The van der Waals surface area contributed by atoms with E-state index in [1.807, 2.05) is 6.92 Å². The van der Waals surface area contributed by atoms with Crippen LogP contribution >= 0.6 is 0 Å². The summed E-state index contributed by atoms with van der Waals surface area (Å²) in [7, 11) is 3.96. The Kier molecular flexibility index (Phi) is 7.11. The Balaban J connectivity index is 0.000000354. The van der Waals surface area contributed by atoms with E-state index in [0.29, 0.717) is 6.10 Å². The van der Waals surface area contributed by atoms with Crippen LogP contribution in [0.15, 0.2) is 12.7 Å². The van der Waals surface area contributed by atoms with Crippen LogP contribution in [0.25, 0.3) is 0 Å². The standard InChI is InChI=1S/C7H15NO.C3H6/c1-8-5-3-7(9-2)4-6-8;1-3-2/h7H,3-6H2,1-2H3;3H,1H2,2H3. The van der Waals surface area contributed by atoms with Crippen molar-refractivity contribution >= 4 is 0 Å². The first-order valence-corrected chi connectivity index (χ1v) is 4.53. The summed E-state index contributed by atoms with van der Waals surface area (Å²) in [4.78, 5) is 2.34. The van der Waals surface area contributed by atoms with Crippen molar-refractivity contribution in [3.63, 3.8) is 0 Å². The zero-order valence-corrected chi connectivity index (χ0v) is 8.55. The van der Waals surface area contributed by atoms with E-state index in [0.717, 1.165) is 0 Å². The van der Waals surface area contributed by atoms with Gasteiger partial charge in [-0.2, -0.15) is 0 Å². The number of rotatable bonds is 1. The fourth-order valence-corrected chi connectivity index (χ4v) is 1.22. The summed E-state index contributed by atoms with van der Waals surface area (Å²) in [5.41, 5.74) is 0. The summed E-state index contributed by atoms with van der Waals surface area (Å²) in [5.74, 6) is 0. The fraction of sp³-hybridized carbons (Fsp3) is 0.800. The van der Waals surface area contributed by atoms with Gasteiger partial charge in [-0.15, -0.1) is 6.58 Å². The van der Waals surface area contributed by atoms with Crippen LogP contribution in [0.1, 0.15) is 19.8 Å². The molecule has 1 aliphatic heterocycles. The summed E-state index contributed by atoms with van der Waals surface area (Å²) in [6.07, 6.45) is 4.68. The number of likely N-dealkylation sites (tertiary alicyclic amines) is 1. The molecule has 1 fully saturated rings. The maximum atomic E-state index is 5.21. The van der Waals surface area contributed by atoms with Gasteiger partial charge in [-0.1, -0.05) is 6.08 Å². The normalized spacial score (nSPS) is 19.6. The van der Waals surface area contributed by atoms with Gasteiger partial charge in [-0.3, -0.25) is 0 Å². The first-order chi connectivity index (χ1) is 5.74. The number of hydrogen-bond acceptors (Lipinski definition) is 2. The van der Waals surface area contributed by atoms with Gasteiger partial charge < -0.3 is 9.64 Å². The lowest BCUT2D eigenvalue weighted by Gasteiger charge is -2.27. The molecule has 0 amide bonds. The molecule has 1 rings (SSSR count). The predicted molar refractivity (Wildman–Crippen MR) is 53.4 cm³/mol. The van der Waals surface area contributed by atoms with E-state index < -0.39 is 0 Å². The van der Waals surface area contributed by atoms with Crippen LogP contribution in [-0.2, 0) is 4.74 Å². The molecule has 0 unspecified atom stereocenters. The van der Waals surface area contributed by atoms with Crippen LogP contribution in [-0.4, -0.2) is 38.3 Å². The third-order valence-corrected chi connectivity index (χ3v) is 2.00. The molecule has 0 bridgehead atoms. The third kappa shape index (κ3) is 5.33. The number of allylic oxidation sites excluding steroid dienone is 1. The van der Waals surface area contributed by atoms with Crippen LogP contribution in [0.2, 0.25) is 0 Å². The summed E-state index contributed by atoms with van der Waals surface area (Å²) in [5, 5.41) is 0. The highest BCUT2D eigenvalue weighted by molar-refractivity contribution is 4.68.